The van der Waals surface area contributed by atoms with E-state index < -0.39 is 0 Å². The number of hydrogen-bond donors (Lipinski definition) is 0. The highest BCUT2D eigenvalue weighted by Crippen LogP contribution is 2.37. The summed E-state index contributed by atoms with van der Waals surface area (Å²) in [6, 6.07) is 3.80. The highest BCUT2D eigenvalue weighted by molar-refractivity contribution is 5.75. The molecule has 2 aliphatic rings. The lowest BCUT2D eigenvalue weighted by atomic mass is 9.75. The Morgan fingerprint density at radius 3 is 2.04 bits per heavy atom. The summed E-state index contributed by atoms with van der Waals surface area (Å²) in [6.45, 7) is 4.41. The van der Waals surface area contributed by atoms with Crippen molar-refractivity contribution in [1.82, 2.24) is 4.98 Å². The molecule has 0 unspecified atom stereocenters. The Hall–Kier alpha value is -1.38. The van der Waals surface area contributed by atoms with Crippen LogP contribution >= 0.6 is 0 Å². The summed E-state index contributed by atoms with van der Waals surface area (Å²) in [4.78, 5) is 16.8. The molecule has 150 valence electrons. The second-order valence-corrected chi connectivity index (χ2v) is 8.85. The zero-order valence-electron chi connectivity index (χ0n) is 17.3. The normalized spacial score (nSPS) is 28.7. The summed E-state index contributed by atoms with van der Waals surface area (Å²) in [7, 11) is 0. The van der Waals surface area contributed by atoms with Crippen molar-refractivity contribution < 1.29 is 9.53 Å². The predicted octanol–water partition coefficient (Wildman–Crippen LogP) is 6.35. The topological polar surface area (TPSA) is 39.2 Å². The first-order valence-electron chi connectivity index (χ1n) is 11.3. The maximum absolute atomic E-state index is 12.4. The molecule has 1 heterocycles. The summed E-state index contributed by atoms with van der Waals surface area (Å²) >= 11 is 0. The van der Waals surface area contributed by atoms with E-state index in [1.807, 2.05) is 12.1 Å². The van der Waals surface area contributed by atoms with E-state index in [9.17, 15) is 4.79 Å². The molecule has 27 heavy (non-hydrogen) atoms. The fourth-order valence-electron chi connectivity index (χ4n) is 4.97. The van der Waals surface area contributed by atoms with Crippen LogP contribution in [0.5, 0.6) is 5.75 Å². The van der Waals surface area contributed by atoms with E-state index in [1.165, 1.54) is 57.8 Å². The van der Waals surface area contributed by atoms with Crippen molar-refractivity contribution in [2.75, 3.05) is 0 Å². The number of aryl methyl sites for hydroxylation is 1. The Labute approximate surface area is 165 Å². The van der Waals surface area contributed by atoms with E-state index in [4.69, 9.17) is 4.74 Å². The standard InChI is InChI=1S/C24H37NO2/c1-3-18-5-7-19(8-6-18)9-10-20-11-13-21(14-12-20)24(26)27-23-16-15-22(4-2)25-17-23/h15-21H,3-14H2,1-2H3/t18-,19-,20-,21-. The number of esters is 1. The molecule has 0 aromatic carbocycles. The van der Waals surface area contributed by atoms with Gasteiger partial charge in [0.2, 0.25) is 0 Å². The van der Waals surface area contributed by atoms with Gasteiger partial charge in [-0.1, -0.05) is 58.8 Å². The van der Waals surface area contributed by atoms with Gasteiger partial charge in [-0.25, -0.2) is 0 Å². The lowest BCUT2D eigenvalue weighted by Crippen LogP contribution is -2.26. The molecule has 0 N–H and O–H groups in total. The number of rotatable bonds is 7. The molecule has 1 aromatic rings. The summed E-state index contributed by atoms with van der Waals surface area (Å²) < 4.78 is 5.56. The number of nitrogens with zero attached hydrogens (tertiary/aromatic N) is 1. The van der Waals surface area contributed by atoms with Gasteiger partial charge in [-0.05, 0) is 62.0 Å². The van der Waals surface area contributed by atoms with Gasteiger partial charge < -0.3 is 4.74 Å². The van der Waals surface area contributed by atoms with Crippen LogP contribution < -0.4 is 4.74 Å². The van der Waals surface area contributed by atoms with Gasteiger partial charge in [0.15, 0.2) is 0 Å². The first-order valence-corrected chi connectivity index (χ1v) is 11.3. The van der Waals surface area contributed by atoms with Crippen molar-refractivity contribution in [1.29, 1.82) is 0 Å². The Morgan fingerprint density at radius 2 is 1.52 bits per heavy atom. The number of carbonyl (C=O) groups is 1. The van der Waals surface area contributed by atoms with Crippen LogP contribution in [0, 0.1) is 23.7 Å². The number of hydrogen-bond acceptors (Lipinski definition) is 3. The second-order valence-electron chi connectivity index (χ2n) is 8.85. The highest BCUT2D eigenvalue weighted by atomic mass is 16.5. The quantitative estimate of drug-likeness (QED) is 0.524. The van der Waals surface area contributed by atoms with Crippen molar-refractivity contribution in [2.24, 2.45) is 23.7 Å². The third-order valence-corrected chi connectivity index (χ3v) is 7.09. The summed E-state index contributed by atoms with van der Waals surface area (Å²) in [5, 5.41) is 0. The first kappa shape index (κ1) is 20.4. The zero-order chi connectivity index (χ0) is 19.1. The fourth-order valence-corrected chi connectivity index (χ4v) is 4.97. The molecule has 3 heteroatoms. The third kappa shape index (κ3) is 6.05. The first-order chi connectivity index (χ1) is 13.2. The molecule has 2 aliphatic carbocycles. The molecule has 0 aliphatic heterocycles. The van der Waals surface area contributed by atoms with Crippen molar-refractivity contribution in [3.63, 3.8) is 0 Å². The van der Waals surface area contributed by atoms with Crippen LogP contribution in [-0.2, 0) is 11.2 Å². The van der Waals surface area contributed by atoms with Gasteiger partial charge in [0.25, 0.3) is 0 Å². The van der Waals surface area contributed by atoms with Crippen molar-refractivity contribution >= 4 is 5.97 Å². The summed E-state index contributed by atoms with van der Waals surface area (Å²) in [5.41, 5.74) is 1.03. The molecule has 2 saturated carbocycles. The Bertz CT molecular complexity index is 567. The SMILES string of the molecule is CCc1ccc(OC(=O)[C@H]2CC[C@H](CC[C@H]3CC[C@H](CC)CC3)CC2)cn1. The number of ether oxygens (including phenoxy) is 1. The molecule has 1 aromatic heterocycles. The molecule has 3 nitrogen and oxygen atoms in total. The Balaban J connectivity index is 1.35. The van der Waals surface area contributed by atoms with E-state index in [0.717, 1.165) is 42.7 Å². The van der Waals surface area contributed by atoms with Crippen LogP contribution in [-0.4, -0.2) is 11.0 Å². The van der Waals surface area contributed by atoms with Crippen LogP contribution in [0.4, 0.5) is 0 Å². The van der Waals surface area contributed by atoms with Crippen LogP contribution in [0.25, 0.3) is 0 Å². The van der Waals surface area contributed by atoms with E-state index >= 15 is 0 Å². The molecule has 0 saturated heterocycles. The summed E-state index contributed by atoms with van der Waals surface area (Å²) in [6.07, 6.45) is 16.9. The van der Waals surface area contributed by atoms with E-state index in [1.54, 1.807) is 6.20 Å². The number of carbonyl (C=O) groups excluding carboxylic acids is 1. The highest BCUT2D eigenvalue weighted by Gasteiger charge is 2.28. The molecule has 2 fully saturated rings. The maximum Gasteiger partial charge on any atom is 0.314 e. The van der Waals surface area contributed by atoms with Gasteiger partial charge in [0.1, 0.15) is 5.75 Å². The lowest BCUT2D eigenvalue weighted by Gasteiger charge is -2.31. The van der Waals surface area contributed by atoms with Gasteiger partial charge >= 0.3 is 5.97 Å². The number of pyridine rings is 1. The third-order valence-electron chi connectivity index (χ3n) is 7.09. The van der Waals surface area contributed by atoms with E-state index in [0.29, 0.717) is 5.75 Å². The minimum absolute atomic E-state index is 0.0580. The van der Waals surface area contributed by atoms with Gasteiger partial charge in [-0.3, -0.25) is 9.78 Å². The predicted molar refractivity (Wildman–Crippen MR) is 110 cm³/mol. The number of aromatic nitrogens is 1. The van der Waals surface area contributed by atoms with Crippen molar-refractivity contribution in [3.05, 3.63) is 24.0 Å². The molecule has 0 spiro atoms. The monoisotopic (exact) mass is 371 g/mol. The molecule has 3 rings (SSSR count). The largest absolute Gasteiger partial charge is 0.425 e. The average molecular weight is 372 g/mol. The van der Waals surface area contributed by atoms with Gasteiger partial charge in [-0.15, -0.1) is 0 Å². The minimum Gasteiger partial charge on any atom is -0.425 e. The van der Waals surface area contributed by atoms with E-state index in [2.05, 4.69) is 18.8 Å². The second kappa shape index (κ2) is 10.2. The smallest absolute Gasteiger partial charge is 0.314 e. The van der Waals surface area contributed by atoms with E-state index in [-0.39, 0.29) is 11.9 Å². The Morgan fingerprint density at radius 1 is 0.926 bits per heavy atom. The van der Waals surface area contributed by atoms with Crippen LogP contribution in [0.15, 0.2) is 18.3 Å². The molecule has 0 radical (unpaired) electrons. The molecule has 0 bridgehead atoms. The minimum atomic E-state index is -0.0580. The summed E-state index contributed by atoms with van der Waals surface area (Å²) in [5.74, 6) is 3.39. The van der Waals surface area contributed by atoms with Crippen LogP contribution in [0.1, 0.15) is 90.2 Å². The molecular formula is C24H37NO2. The zero-order valence-corrected chi connectivity index (χ0v) is 17.3. The average Bonchev–Trinajstić information content (AvgIpc) is 2.73. The fraction of sp³-hybridized carbons (Fsp3) is 0.750. The lowest BCUT2D eigenvalue weighted by molar-refractivity contribution is -0.140. The molecular weight excluding hydrogens is 334 g/mol. The van der Waals surface area contributed by atoms with Gasteiger partial charge in [0.05, 0.1) is 12.1 Å². The van der Waals surface area contributed by atoms with Crippen LogP contribution in [0.2, 0.25) is 0 Å². The van der Waals surface area contributed by atoms with Crippen molar-refractivity contribution in [2.45, 2.75) is 90.9 Å². The maximum atomic E-state index is 12.4. The molecule has 0 amide bonds. The van der Waals surface area contributed by atoms with Crippen molar-refractivity contribution in [3.8, 4) is 5.75 Å². The van der Waals surface area contributed by atoms with Crippen LogP contribution in [0.3, 0.4) is 0 Å². The molecule has 0 atom stereocenters. The van der Waals surface area contributed by atoms with Gasteiger partial charge in [-0.2, -0.15) is 0 Å². The van der Waals surface area contributed by atoms with Gasteiger partial charge in [0, 0.05) is 5.69 Å². The Kier molecular flexibility index (Phi) is 7.72.